The number of carbonyl (C=O) groups is 1. The highest BCUT2D eigenvalue weighted by atomic mass is 19.3. The van der Waals surface area contributed by atoms with Crippen LogP contribution in [0.5, 0.6) is 5.75 Å². The number of nitrogens with two attached hydrogens (primary N) is 1. The molecule has 0 aromatic heterocycles. The highest BCUT2D eigenvalue weighted by molar-refractivity contribution is 5.93. The van der Waals surface area contributed by atoms with Crippen molar-refractivity contribution in [3.05, 3.63) is 28.8 Å². The van der Waals surface area contributed by atoms with Crippen LogP contribution in [0.4, 0.5) is 8.78 Å². The highest BCUT2D eigenvalue weighted by Gasteiger charge is 2.19. The van der Waals surface area contributed by atoms with E-state index < -0.39 is 12.6 Å². The van der Waals surface area contributed by atoms with Crippen molar-refractivity contribution in [3.8, 4) is 11.8 Å². The van der Waals surface area contributed by atoms with Gasteiger partial charge in [-0.1, -0.05) is 0 Å². The first-order chi connectivity index (χ1) is 8.53. The van der Waals surface area contributed by atoms with Gasteiger partial charge in [0.15, 0.2) is 0 Å². The molecule has 0 bridgehead atoms. The second-order valence-electron chi connectivity index (χ2n) is 3.19. The molecule has 0 heterocycles. The van der Waals surface area contributed by atoms with Gasteiger partial charge in [-0.25, -0.2) is 4.79 Å². The van der Waals surface area contributed by atoms with E-state index in [9.17, 15) is 13.6 Å². The van der Waals surface area contributed by atoms with E-state index in [1.54, 1.807) is 0 Å². The Morgan fingerprint density at radius 2 is 2.22 bits per heavy atom. The third-order valence-electron chi connectivity index (χ3n) is 2.17. The first kappa shape index (κ1) is 13.9. The minimum absolute atomic E-state index is 0.0378. The van der Waals surface area contributed by atoms with E-state index in [2.05, 4.69) is 9.47 Å². The zero-order chi connectivity index (χ0) is 13.7. The fraction of sp³-hybridized carbons (Fsp3) is 0.273. The number of carbonyl (C=O) groups excluding carboxylic acids is 1. The summed E-state index contributed by atoms with van der Waals surface area (Å²) >= 11 is 0. The molecule has 5 nitrogen and oxygen atoms in total. The van der Waals surface area contributed by atoms with Gasteiger partial charge in [-0.15, -0.1) is 0 Å². The first-order valence-electron chi connectivity index (χ1n) is 4.83. The van der Waals surface area contributed by atoms with Gasteiger partial charge < -0.3 is 15.2 Å². The Bertz CT molecular complexity index is 498. The molecule has 2 N–H and O–H groups in total. The number of benzene rings is 1. The maximum absolute atomic E-state index is 12.2. The Balaban J connectivity index is 3.36. The number of ether oxygens (including phenoxy) is 2. The fourth-order valence-electron chi connectivity index (χ4n) is 1.36. The highest BCUT2D eigenvalue weighted by Crippen LogP contribution is 2.26. The van der Waals surface area contributed by atoms with Crippen LogP contribution in [-0.4, -0.2) is 19.7 Å². The van der Waals surface area contributed by atoms with Crippen molar-refractivity contribution in [1.82, 2.24) is 0 Å². The first-order valence-corrected chi connectivity index (χ1v) is 4.83. The molecule has 1 rings (SSSR count). The number of hydrogen-bond donors (Lipinski definition) is 1. The van der Waals surface area contributed by atoms with Crippen LogP contribution in [0.25, 0.3) is 0 Å². The lowest BCUT2D eigenvalue weighted by Gasteiger charge is -2.12. The zero-order valence-corrected chi connectivity index (χ0v) is 9.44. The van der Waals surface area contributed by atoms with Crippen molar-refractivity contribution < 1.29 is 23.0 Å². The smallest absolute Gasteiger partial charge is 0.387 e. The number of nitrogens with zero attached hydrogens (tertiary/aromatic N) is 1. The lowest BCUT2D eigenvalue weighted by Crippen LogP contribution is -2.11. The average molecular weight is 256 g/mol. The monoisotopic (exact) mass is 256 g/mol. The van der Waals surface area contributed by atoms with Gasteiger partial charge in [0, 0.05) is 6.54 Å². The van der Waals surface area contributed by atoms with Crippen molar-refractivity contribution >= 4 is 5.97 Å². The van der Waals surface area contributed by atoms with Crippen LogP contribution in [0.1, 0.15) is 21.5 Å². The molecule has 0 saturated heterocycles. The van der Waals surface area contributed by atoms with Crippen molar-refractivity contribution in [2.75, 3.05) is 7.11 Å². The molecule has 0 aliphatic heterocycles. The number of rotatable bonds is 4. The molecule has 1 aromatic carbocycles. The van der Waals surface area contributed by atoms with E-state index in [1.165, 1.54) is 0 Å². The Labute approximate surface area is 102 Å². The quantitative estimate of drug-likeness (QED) is 0.823. The topological polar surface area (TPSA) is 85.3 Å². The average Bonchev–Trinajstić information content (AvgIpc) is 2.36. The summed E-state index contributed by atoms with van der Waals surface area (Å²) in [6.07, 6.45) is 0. The molecule has 0 unspecified atom stereocenters. The van der Waals surface area contributed by atoms with Crippen molar-refractivity contribution in [1.29, 1.82) is 5.26 Å². The second kappa shape index (κ2) is 5.93. The molecule has 0 aliphatic rings. The van der Waals surface area contributed by atoms with Crippen LogP contribution in [0, 0.1) is 11.3 Å². The van der Waals surface area contributed by atoms with E-state index in [1.807, 2.05) is 6.07 Å². The molecular formula is C11H10F2N2O3. The predicted molar refractivity (Wildman–Crippen MR) is 57.0 cm³/mol. The summed E-state index contributed by atoms with van der Waals surface area (Å²) in [6.45, 7) is -3.13. The molecular weight excluding hydrogens is 246 g/mol. The predicted octanol–water partition coefficient (Wildman–Crippen LogP) is 1.40. The summed E-state index contributed by atoms with van der Waals surface area (Å²) in [5.74, 6) is -1.23. The van der Waals surface area contributed by atoms with Crippen LogP contribution in [0.3, 0.4) is 0 Å². The maximum atomic E-state index is 12.2. The van der Waals surface area contributed by atoms with E-state index >= 15 is 0 Å². The molecule has 0 amide bonds. The van der Waals surface area contributed by atoms with E-state index in [4.69, 9.17) is 11.0 Å². The number of halogens is 2. The normalized spacial score (nSPS) is 10.0. The molecule has 0 saturated carbocycles. The third-order valence-corrected chi connectivity index (χ3v) is 2.17. The van der Waals surface area contributed by atoms with Crippen LogP contribution in [-0.2, 0) is 11.3 Å². The Morgan fingerprint density at radius 3 is 2.67 bits per heavy atom. The van der Waals surface area contributed by atoms with Crippen LogP contribution >= 0.6 is 0 Å². The largest absolute Gasteiger partial charge is 0.465 e. The second-order valence-corrected chi connectivity index (χ2v) is 3.19. The number of methoxy groups -OCH3 is 1. The van der Waals surface area contributed by atoms with Crippen LogP contribution < -0.4 is 10.5 Å². The molecule has 0 aliphatic carbocycles. The van der Waals surface area contributed by atoms with Gasteiger partial charge in [-0.2, -0.15) is 14.0 Å². The SMILES string of the molecule is COC(=O)c1cc(C#N)c(CN)cc1OC(F)F. The summed E-state index contributed by atoms with van der Waals surface area (Å²) in [7, 11) is 1.09. The third kappa shape index (κ3) is 2.93. The fourth-order valence-corrected chi connectivity index (χ4v) is 1.36. The summed E-state index contributed by atoms with van der Waals surface area (Å²) < 4.78 is 33.1. The molecule has 0 radical (unpaired) electrons. The van der Waals surface area contributed by atoms with Gasteiger partial charge in [0.25, 0.3) is 0 Å². The molecule has 18 heavy (non-hydrogen) atoms. The van der Waals surface area contributed by atoms with Gasteiger partial charge in [0.1, 0.15) is 11.3 Å². The van der Waals surface area contributed by atoms with Crippen molar-refractivity contribution in [3.63, 3.8) is 0 Å². The minimum atomic E-state index is -3.09. The van der Waals surface area contributed by atoms with Gasteiger partial charge in [-0.3, -0.25) is 0 Å². The van der Waals surface area contributed by atoms with Crippen LogP contribution in [0.15, 0.2) is 12.1 Å². The Kier molecular flexibility index (Phi) is 4.57. The molecule has 0 spiro atoms. The number of esters is 1. The molecule has 0 atom stereocenters. The van der Waals surface area contributed by atoms with Gasteiger partial charge >= 0.3 is 12.6 Å². The van der Waals surface area contributed by atoms with Crippen molar-refractivity contribution in [2.45, 2.75) is 13.2 Å². The zero-order valence-electron chi connectivity index (χ0n) is 9.44. The van der Waals surface area contributed by atoms with Gasteiger partial charge in [0.2, 0.25) is 0 Å². The summed E-state index contributed by atoms with van der Waals surface area (Å²) in [4.78, 5) is 11.4. The lowest BCUT2D eigenvalue weighted by molar-refractivity contribution is -0.0504. The lowest BCUT2D eigenvalue weighted by atomic mass is 10.0. The molecule has 0 fully saturated rings. The summed E-state index contributed by atoms with van der Waals surface area (Å²) in [5, 5.41) is 8.85. The summed E-state index contributed by atoms with van der Waals surface area (Å²) in [5.41, 5.74) is 5.55. The molecule has 1 aromatic rings. The summed E-state index contributed by atoms with van der Waals surface area (Å²) in [6, 6.07) is 4.07. The molecule has 7 heteroatoms. The van der Waals surface area contributed by atoms with E-state index in [-0.39, 0.29) is 23.4 Å². The number of nitriles is 1. The van der Waals surface area contributed by atoms with Crippen LogP contribution in [0.2, 0.25) is 0 Å². The standard InChI is InChI=1S/C11H10F2N2O3/c1-17-10(16)8-2-6(4-14)7(5-15)3-9(8)18-11(12)13/h2-3,11H,5,15H2,1H3. The van der Waals surface area contributed by atoms with E-state index in [0.29, 0.717) is 5.56 Å². The molecule has 96 valence electrons. The number of hydrogen-bond acceptors (Lipinski definition) is 5. The van der Waals surface area contributed by atoms with Gasteiger partial charge in [-0.05, 0) is 17.7 Å². The number of alkyl halides is 2. The van der Waals surface area contributed by atoms with E-state index in [0.717, 1.165) is 19.2 Å². The minimum Gasteiger partial charge on any atom is -0.465 e. The van der Waals surface area contributed by atoms with Gasteiger partial charge in [0.05, 0.1) is 18.7 Å². The Morgan fingerprint density at radius 1 is 1.56 bits per heavy atom. The maximum Gasteiger partial charge on any atom is 0.387 e. The van der Waals surface area contributed by atoms with Crippen molar-refractivity contribution in [2.24, 2.45) is 5.73 Å². The Hall–Kier alpha value is -2.20.